The topological polar surface area (TPSA) is 50.4 Å². The summed E-state index contributed by atoms with van der Waals surface area (Å²) >= 11 is 0. The zero-order valence-corrected chi connectivity index (χ0v) is 12.0. The average Bonchev–Trinajstić information content (AvgIpc) is 2.47. The normalized spacial score (nSPS) is 10.4. The van der Waals surface area contributed by atoms with Gasteiger partial charge in [0.15, 0.2) is 0 Å². The number of aryl methyl sites for hydroxylation is 1. The minimum absolute atomic E-state index is 0.0471. The van der Waals surface area contributed by atoms with Crippen LogP contribution in [0.15, 0.2) is 48.5 Å². The van der Waals surface area contributed by atoms with Crippen LogP contribution in [-0.4, -0.2) is 19.1 Å². The number of alkyl halides is 2. The summed E-state index contributed by atoms with van der Waals surface area (Å²) in [6.45, 7) is -0.786. The van der Waals surface area contributed by atoms with Gasteiger partial charge in [0.05, 0.1) is 6.54 Å². The Morgan fingerprint density at radius 2 is 1.86 bits per heavy atom. The van der Waals surface area contributed by atoms with Crippen LogP contribution in [-0.2, 0) is 4.79 Å². The van der Waals surface area contributed by atoms with Gasteiger partial charge in [-0.2, -0.15) is 8.78 Å². The molecule has 2 aromatic carbocycles. The van der Waals surface area contributed by atoms with Crippen molar-refractivity contribution in [3.63, 3.8) is 0 Å². The van der Waals surface area contributed by atoms with Crippen LogP contribution < -0.4 is 15.4 Å². The highest BCUT2D eigenvalue weighted by Gasteiger charge is 2.05. The minimum Gasteiger partial charge on any atom is -0.435 e. The summed E-state index contributed by atoms with van der Waals surface area (Å²) in [5.41, 5.74) is 2.47. The molecule has 2 N–H and O–H groups in total. The number of nitrogens with one attached hydrogen (secondary N) is 2. The minimum atomic E-state index is -2.86. The lowest BCUT2D eigenvalue weighted by Gasteiger charge is -2.09. The van der Waals surface area contributed by atoms with Crippen LogP contribution in [0.25, 0.3) is 0 Å². The van der Waals surface area contributed by atoms with Crippen LogP contribution in [0, 0.1) is 6.92 Å². The van der Waals surface area contributed by atoms with Crippen molar-refractivity contribution < 1.29 is 18.3 Å². The van der Waals surface area contributed by atoms with Crippen molar-refractivity contribution in [1.29, 1.82) is 0 Å². The molecule has 2 aromatic rings. The number of anilines is 2. The number of benzene rings is 2. The first kappa shape index (κ1) is 15.8. The van der Waals surface area contributed by atoms with E-state index in [1.165, 1.54) is 24.3 Å². The molecule has 0 saturated carbocycles. The van der Waals surface area contributed by atoms with E-state index in [4.69, 9.17) is 0 Å². The van der Waals surface area contributed by atoms with Gasteiger partial charge >= 0.3 is 6.61 Å². The van der Waals surface area contributed by atoms with E-state index in [9.17, 15) is 13.6 Å². The summed E-state index contributed by atoms with van der Waals surface area (Å²) in [6, 6.07) is 13.4. The molecule has 6 heteroatoms. The Kier molecular flexibility index (Phi) is 5.30. The van der Waals surface area contributed by atoms with Gasteiger partial charge in [-0.1, -0.05) is 12.1 Å². The van der Waals surface area contributed by atoms with Gasteiger partial charge in [-0.3, -0.25) is 4.79 Å². The second kappa shape index (κ2) is 7.40. The Hall–Kier alpha value is -2.63. The van der Waals surface area contributed by atoms with Crippen LogP contribution in [0.3, 0.4) is 0 Å². The van der Waals surface area contributed by atoms with Gasteiger partial charge in [-0.05, 0) is 48.9 Å². The molecule has 22 heavy (non-hydrogen) atoms. The average molecular weight is 306 g/mol. The summed E-state index contributed by atoms with van der Waals surface area (Å²) in [4.78, 5) is 11.8. The number of rotatable bonds is 6. The third-order valence-electron chi connectivity index (χ3n) is 2.83. The SMILES string of the molecule is Cc1cccc(NCC(=O)Nc2ccc(OC(F)F)cc2)c1. The summed E-state index contributed by atoms with van der Waals surface area (Å²) in [7, 11) is 0. The highest BCUT2D eigenvalue weighted by atomic mass is 19.3. The van der Waals surface area contributed by atoms with E-state index in [-0.39, 0.29) is 18.2 Å². The maximum atomic E-state index is 12.0. The third kappa shape index (κ3) is 5.05. The maximum Gasteiger partial charge on any atom is 0.387 e. The Bertz CT molecular complexity index is 630. The number of hydrogen-bond donors (Lipinski definition) is 2. The van der Waals surface area contributed by atoms with Gasteiger partial charge in [0.2, 0.25) is 5.91 Å². The van der Waals surface area contributed by atoms with E-state index in [0.29, 0.717) is 5.69 Å². The van der Waals surface area contributed by atoms with E-state index in [0.717, 1.165) is 11.3 Å². The van der Waals surface area contributed by atoms with Gasteiger partial charge < -0.3 is 15.4 Å². The van der Waals surface area contributed by atoms with E-state index in [2.05, 4.69) is 15.4 Å². The molecule has 0 radical (unpaired) electrons. The maximum absolute atomic E-state index is 12.0. The molecule has 0 bridgehead atoms. The molecule has 4 nitrogen and oxygen atoms in total. The van der Waals surface area contributed by atoms with Crippen LogP contribution in [0.5, 0.6) is 5.75 Å². The molecule has 0 spiro atoms. The number of ether oxygens (including phenoxy) is 1. The number of amides is 1. The van der Waals surface area contributed by atoms with Crippen molar-refractivity contribution in [3.8, 4) is 5.75 Å². The van der Waals surface area contributed by atoms with Crippen molar-refractivity contribution >= 4 is 17.3 Å². The van der Waals surface area contributed by atoms with E-state index < -0.39 is 6.61 Å². The molecule has 1 amide bonds. The standard InChI is InChI=1S/C16H16F2N2O2/c1-11-3-2-4-13(9-11)19-10-15(21)20-12-5-7-14(8-6-12)22-16(17)18/h2-9,16,19H,10H2,1H3,(H,20,21). The monoisotopic (exact) mass is 306 g/mol. The van der Waals surface area contributed by atoms with Crippen molar-refractivity contribution in [2.24, 2.45) is 0 Å². The number of halogens is 2. The fourth-order valence-corrected chi connectivity index (χ4v) is 1.86. The molecule has 0 aliphatic carbocycles. The molecule has 0 atom stereocenters. The lowest BCUT2D eigenvalue weighted by Crippen LogP contribution is -2.21. The smallest absolute Gasteiger partial charge is 0.387 e. The first-order valence-electron chi connectivity index (χ1n) is 6.68. The Labute approximate surface area is 127 Å². The van der Waals surface area contributed by atoms with Crippen LogP contribution in [0.1, 0.15) is 5.56 Å². The highest BCUT2D eigenvalue weighted by Crippen LogP contribution is 2.17. The summed E-state index contributed by atoms with van der Waals surface area (Å²) in [5.74, 6) is -0.185. The van der Waals surface area contributed by atoms with Crippen LogP contribution >= 0.6 is 0 Å². The van der Waals surface area contributed by atoms with E-state index in [1.807, 2.05) is 31.2 Å². The number of hydrogen-bond acceptors (Lipinski definition) is 3. The number of carbonyl (C=O) groups is 1. The van der Waals surface area contributed by atoms with E-state index >= 15 is 0 Å². The van der Waals surface area contributed by atoms with Gasteiger partial charge in [0, 0.05) is 11.4 Å². The van der Waals surface area contributed by atoms with Crippen LogP contribution in [0.4, 0.5) is 20.2 Å². The lowest BCUT2D eigenvalue weighted by molar-refractivity contribution is -0.114. The van der Waals surface area contributed by atoms with Crippen molar-refractivity contribution in [3.05, 3.63) is 54.1 Å². The van der Waals surface area contributed by atoms with Gasteiger partial charge in [0.25, 0.3) is 0 Å². The fourth-order valence-electron chi connectivity index (χ4n) is 1.86. The Morgan fingerprint density at radius 3 is 2.50 bits per heavy atom. The third-order valence-corrected chi connectivity index (χ3v) is 2.83. The second-order valence-electron chi connectivity index (χ2n) is 4.67. The molecule has 0 heterocycles. The Morgan fingerprint density at radius 1 is 1.14 bits per heavy atom. The zero-order chi connectivity index (χ0) is 15.9. The number of carbonyl (C=O) groups excluding carboxylic acids is 1. The zero-order valence-electron chi connectivity index (χ0n) is 12.0. The quantitative estimate of drug-likeness (QED) is 0.856. The van der Waals surface area contributed by atoms with Crippen molar-refractivity contribution in [1.82, 2.24) is 0 Å². The largest absolute Gasteiger partial charge is 0.435 e. The summed E-state index contributed by atoms with van der Waals surface area (Å²) in [5, 5.41) is 5.67. The van der Waals surface area contributed by atoms with Crippen LogP contribution in [0.2, 0.25) is 0 Å². The van der Waals surface area contributed by atoms with E-state index in [1.54, 1.807) is 0 Å². The molecule has 0 saturated heterocycles. The molecule has 0 unspecified atom stereocenters. The first-order valence-corrected chi connectivity index (χ1v) is 6.68. The highest BCUT2D eigenvalue weighted by molar-refractivity contribution is 5.93. The van der Waals surface area contributed by atoms with Gasteiger partial charge in [0.1, 0.15) is 5.75 Å². The molecule has 116 valence electrons. The van der Waals surface area contributed by atoms with Crippen molar-refractivity contribution in [2.75, 3.05) is 17.2 Å². The second-order valence-corrected chi connectivity index (χ2v) is 4.67. The molecule has 0 aliphatic heterocycles. The molecular formula is C16H16F2N2O2. The van der Waals surface area contributed by atoms with Crippen molar-refractivity contribution in [2.45, 2.75) is 13.5 Å². The molecular weight excluding hydrogens is 290 g/mol. The first-order chi connectivity index (χ1) is 10.5. The fraction of sp³-hybridized carbons (Fsp3) is 0.188. The van der Waals surface area contributed by atoms with Gasteiger partial charge in [-0.25, -0.2) is 0 Å². The predicted molar refractivity (Wildman–Crippen MR) is 81.4 cm³/mol. The predicted octanol–water partition coefficient (Wildman–Crippen LogP) is 3.65. The molecule has 0 aliphatic rings. The molecule has 0 fully saturated rings. The van der Waals surface area contributed by atoms with Gasteiger partial charge in [-0.15, -0.1) is 0 Å². The Balaban J connectivity index is 1.84. The lowest BCUT2D eigenvalue weighted by atomic mass is 10.2. The summed E-state index contributed by atoms with van der Waals surface area (Å²) in [6.07, 6.45) is 0. The molecule has 2 rings (SSSR count). The molecule has 0 aromatic heterocycles. The summed E-state index contributed by atoms with van der Waals surface area (Å²) < 4.78 is 28.3.